The Labute approximate surface area is 105 Å². The minimum Gasteiger partial charge on any atom is -0.337 e. The zero-order chi connectivity index (χ0) is 12.4. The zero-order valence-electron chi connectivity index (χ0n) is 10.5. The summed E-state index contributed by atoms with van der Waals surface area (Å²) in [4.78, 5) is 4.46. The van der Waals surface area contributed by atoms with Gasteiger partial charge in [-0.1, -0.05) is 11.6 Å². The zero-order valence-corrected chi connectivity index (χ0v) is 10.5. The number of nitrogens with one attached hydrogen (secondary N) is 1. The highest BCUT2D eigenvalue weighted by Crippen LogP contribution is 2.23. The van der Waals surface area contributed by atoms with Gasteiger partial charge in [0.15, 0.2) is 0 Å². The summed E-state index contributed by atoms with van der Waals surface area (Å²) in [5.74, 6) is 1.31. The van der Waals surface area contributed by atoms with Gasteiger partial charge in [-0.2, -0.15) is 10.1 Å². The average molecular weight is 247 g/mol. The molecule has 2 aromatic rings. The lowest BCUT2D eigenvalue weighted by Gasteiger charge is -2.19. The third-order valence-electron chi connectivity index (χ3n) is 3.27. The lowest BCUT2D eigenvalue weighted by atomic mass is 10.1. The second-order valence-electron chi connectivity index (χ2n) is 4.54. The molecule has 3 rings (SSSR count). The van der Waals surface area contributed by atoms with Crippen molar-refractivity contribution in [3.63, 3.8) is 0 Å². The van der Waals surface area contributed by atoms with E-state index in [1.54, 1.807) is 6.20 Å². The number of aryl methyl sites for hydroxylation is 1. The molecule has 0 amide bonds. The molecule has 0 radical (unpaired) electrons. The van der Waals surface area contributed by atoms with Gasteiger partial charge in [0.05, 0.1) is 17.8 Å². The van der Waals surface area contributed by atoms with E-state index in [4.69, 9.17) is 4.52 Å². The van der Waals surface area contributed by atoms with Gasteiger partial charge in [0, 0.05) is 12.7 Å². The minimum atomic E-state index is 0.209. The molecule has 96 valence electrons. The number of piperidine rings is 1. The van der Waals surface area contributed by atoms with Crippen LogP contribution in [0.25, 0.3) is 11.4 Å². The Morgan fingerprint density at radius 3 is 3.17 bits per heavy atom. The van der Waals surface area contributed by atoms with Crippen LogP contribution in [0.5, 0.6) is 0 Å². The first kappa shape index (κ1) is 11.4. The Morgan fingerprint density at radius 2 is 2.44 bits per heavy atom. The fourth-order valence-electron chi connectivity index (χ4n) is 2.21. The van der Waals surface area contributed by atoms with Crippen molar-refractivity contribution in [3.8, 4) is 11.4 Å². The summed E-state index contributed by atoms with van der Waals surface area (Å²) in [5.41, 5.74) is 0.905. The summed E-state index contributed by atoms with van der Waals surface area (Å²) in [7, 11) is 0. The third kappa shape index (κ3) is 2.15. The average Bonchev–Trinajstić information content (AvgIpc) is 3.08. The topological polar surface area (TPSA) is 68.8 Å². The van der Waals surface area contributed by atoms with E-state index in [-0.39, 0.29) is 6.04 Å². The molecule has 0 spiro atoms. The summed E-state index contributed by atoms with van der Waals surface area (Å²) < 4.78 is 7.19. The van der Waals surface area contributed by atoms with Crippen molar-refractivity contribution in [2.24, 2.45) is 0 Å². The number of rotatable bonds is 3. The molecule has 3 heterocycles. The van der Waals surface area contributed by atoms with Gasteiger partial charge < -0.3 is 9.84 Å². The van der Waals surface area contributed by atoms with E-state index in [1.165, 1.54) is 12.8 Å². The Balaban J connectivity index is 1.79. The molecule has 1 atom stereocenters. The number of nitrogens with zero attached hydrogens (tertiary/aromatic N) is 4. The SMILES string of the molecule is CCn1cc(-c2noc([C@H]3CCCCN3)n2)cn1. The second-order valence-corrected chi connectivity index (χ2v) is 4.54. The molecule has 0 aromatic carbocycles. The van der Waals surface area contributed by atoms with Crippen molar-refractivity contribution >= 4 is 0 Å². The summed E-state index contributed by atoms with van der Waals surface area (Å²) in [5, 5.41) is 11.6. The molecule has 1 saturated heterocycles. The molecule has 1 aliphatic rings. The Bertz CT molecular complexity index is 512. The van der Waals surface area contributed by atoms with Crippen LogP contribution >= 0.6 is 0 Å². The summed E-state index contributed by atoms with van der Waals surface area (Å²) in [6, 6.07) is 0.209. The van der Waals surface area contributed by atoms with Gasteiger partial charge in [-0.3, -0.25) is 4.68 Å². The van der Waals surface area contributed by atoms with Gasteiger partial charge in [0.1, 0.15) is 0 Å². The molecule has 1 fully saturated rings. The first-order chi connectivity index (χ1) is 8.86. The molecule has 6 heteroatoms. The highest BCUT2D eigenvalue weighted by atomic mass is 16.5. The van der Waals surface area contributed by atoms with E-state index in [1.807, 2.05) is 17.8 Å². The van der Waals surface area contributed by atoms with E-state index in [2.05, 4.69) is 20.6 Å². The third-order valence-corrected chi connectivity index (χ3v) is 3.27. The van der Waals surface area contributed by atoms with E-state index in [0.29, 0.717) is 11.7 Å². The van der Waals surface area contributed by atoms with E-state index >= 15 is 0 Å². The van der Waals surface area contributed by atoms with E-state index < -0.39 is 0 Å². The molecule has 0 aliphatic carbocycles. The predicted octanol–water partition coefficient (Wildman–Crippen LogP) is 1.77. The number of hydrogen-bond acceptors (Lipinski definition) is 5. The molecule has 1 aliphatic heterocycles. The molecule has 0 bridgehead atoms. The van der Waals surface area contributed by atoms with Crippen molar-refractivity contribution in [1.82, 2.24) is 25.2 Å². The van der Waals surface area contributed by atoms with Crippen LogP contribution in [-0.4, -0.2) is 26.5 Å². The van der Waals surface area contributed by atoms with Crippen molar-refractivity contribution in [3.05, 3.63) is 18.3 Å². The van der Waals surface area contributed by atoms with Gasteiger partial charge in [-0.15, -0.1) is 0 Å². The smallest absolute Gasteiger partial charge is 0.244 e. The first-order valence-electron chi connectivity index (χ1n) is 6.46. The van der Waals surface area contributed by atoms with Crippen LogP contribution in [0.2, 0.25) is 0 Å². The highest BCUT2D eigenvalue weighted by molar-refractivity contribution is 5.51. The predicted molar refractivity (Wildman–Crippen MR) is 65.8 cm³/mol. The lowest BCUT2D eigenvalue weighted by molar-refractivity contribution is 0.297. The molecule has 0 unspecified atom stereocenters. The van der Waals surface area contributed by atoms with Crippen LogP contribution in [0.3, 0.4) is 0 Å². The monoisotopic (exact) mass is 247 g/mol. The number of aromatic nitrogens is 4. The standard InChI is InChI=1S/C12H17N5O/c1-2-17-8-9(7-14-17)11-15-12(18-16-11)10-5-3-4-6-13-10/h7-8,10,13H,2-6H2,1H3/t10-/m1/s1. The maximum atomic E-state index is 5.34. The fourth-order valence-corrected chi connectivity index (χ4v) is 2.21. The van der Waals surface area contributed by atoms with Crippen LogP contribution in [0.4, 0.5) is 0 Å². The molecule has 1 N–H and O–H groups in total. The van der Waals surface area contributed by atoms with Gasteiger partial charge in [-0.25, -0.2) is 0 Å². The maximum absolute atomic E-state index is 5.34. The van der Waals surface area contributed by atoms with Crippen LogP contribution < -0.4 is 5.32 Å². The highest BCUT2D eigenvalue weighted by Gasteiger charge is 2.21. The normalized spacial score (nSPS) is 20.2. The first-order valence-corrected chi connectivity index (χ1v) is 6.46. The van der Waals surface area contributed by atoms with E-state index in [0.717, 1.165) is 25.1 Å². The maximum Gasteiger partial charge on any atom is 0.244 e. The van der Waals surface area contributed by atoms with Gasteiger partial charge in [-0.05, 0) is 26.3 Å². The largest absolute Gasteiger partial charge is 0.337 e. The molecular weight excluding hydrogens is 230 g/mol. The second kappa shape index (κ2) is 4.89. The Hall–Kier alpha value is -1.69. The molecule has 6 nitrogen and oxygen atoms in total. The van der Waals surface area contributed by atoms with Gasteiger partial charge in [0.2, 0.25) is 11.7 Å². The fraction of sp³-hybridized carbons (Fsp3) is 0.583. The van der Waals surface area contributed by atoms with Crippen LogP contribution in [0, 0.1) is 0 Å². The number of hydrogen-bond donors (Lipinski definition) is 1. The van der Waals surface area contributed by atoms with Gasteiger partial charge >= 0.3 is 0 Å². The Morgan fingerprint density at radius 1 is 1.50 bits per heavy atom. The molecule has 18 heavy (non-hydrogen) atoms. The summed E-state index contributed by atoms with van der Waals surface area (Å²) in [6.07, 6.45) is 7.20. The van der Waals surface area contributed by atoms with Crippen molar-refractivity contribution < 1.29 is 4.52 Å². The van der Waals surface area contributed by atoms with Crippen LogP contribution in [-0.2, 0) is 6.54 Å². The minimum absolute atomic E-state index is 0.209. The Kier molecular flexibility index (Phi) is 3.10. The quantitative estimate of drug-likeness (QED) is 0.895. The lowest BCUT2D eigenvalue weighted by Crippen LogP contribution is -2.26. The van der Waals surface area contributed by atoms with Crippen molar-refractivity contribution in [2.45, 2.75) is 38.8 Å². The van der Waals surface area contributed by atoms with Crippen LogP contribution in [0.15, 0.2) is 16.9 Å². The summed E-state index contributed by atoms with van der Waals surface area (Å²) >= 11 is 0. The molecular formula is C12H17N5O. The van der Waals surface area contributed by atoms with Crippen molar-refractivity contribution in [2.75, 3.05) is 6.54 Å². The van der Waals surface area contributed by atoms with E-state index in [9.17, 15) is 0 Å². The van der Waals surface area contributed by atoms with Gasteiger partial charge in [0.25, 0.3) is 0 Å². The summed E-state index contributed by atoms with van der Waals surface area (Å²) in [6.45, 7) is 3.91. The van der Waals surface area contributed by atoms with Crippen molar-refractivity contribution in [1.29, 1.82) is 0 Å². The van der Waals surface area contributed by atoms with Crippen LogP contribution in [0.1, 0.15) is 38.1 Å². The molecule has 2 aromatic heterocycles. The molecule has 0 saturated carbocycles.